The smallest absolute Gasteiger partial charge is 0.408 e. The minimum Gasteiger partial charge on any atom is -0.445 e. The number of hydrogen-bond acceptors (Lipinski definition) is 3. The van der Waals surface area contributed by atoms with Gasteiger partial charge in [-0.15, -0.1) is 0 Å². The summed E-state index contributed by atoms with van der Waals surface area (Å²) in [7, 11) is 0. The summed E-state index contributed by atoms with van der Waals surface area (Å²) in [6.07, 6.45) is -0.947. The van der Waals surface area contributed by atoms with Crippen LogP contribution in [-0.2, 0) is 21.7 Å². The lowest BCUT2D eigenvalue weighted by atomic mass is 9.88. The van der Waals surface area contributed by atoms with Gasteiger partial charge in [-0.25, -0.2) is 13.6 Å². The lowest BCUT2D eigenvalue weighted by Crippen LogP contribution is -2.48. The lowest BCUT2D eigenvalue weighted by molar-refractivity contribution is -0.109. The third-order valence-corrected chi connectivity index (χ3v) is 4.15. The minimum atomic E-state index is -1.83. The second-order valence-electron chi connectivity index (χ2n) is 5.40. The van der Waals surface area contributed by atoms with E-state index in [-0.39, 0.29) is 12.2 Å². The number of halogens is 3. The van der Waals surface area contributed by atoms with Gasteiger partial charge in [0.1, 0.15) is 30.9 Å². The molecule has 1 unspecified atom stereocenters. The molecule has 1 N–H and O–H groups in total. The first kappa shape index (κ1) is 19.1. The molecular weight excluding hydrogens is 396 g/mol. The summed E-state index contributed by atoms with van der Waals surface area (Å²) >= 11 is 3.18. The van der Waals surface area contributed by atoms with Crippen LogP contribution in [0, 0.1) is 5.82 Å². The van der Waals surface area contributed by atoms with E-state index in [4.69, 9.17) is 4.74 Å². The van der Waals surface area contributed by atoms with Crippen LogP contribution in [0.3, 0.4) is 0 Å². The molecule has 7 heteroatoms. The van der Waals surface area contributed by atoms with E-state index >= 15 is 0 Å². The molecular formula is C18H16BrF2NO3. The van der Waals surface area contributed by atoms with E-state index in [0.717, 1.165) is 11.6 Å². The van der Waals surface area contributed by atoms with Crippen LogP contribution in [0.5, 0.6) is 0 Å². The molecule has 0 aliphatic rings. The average molecular weight is 412 g/mol. The summed E-state index contributed by atoms with van der Waals surface area (Å²) in [5.41, 5.74) is -1.22. The summed E-state index contributed by atoms with van der Waals surface area (Å²) in [6.45, 7) is -1.20. The molecule has 132 valence electrons. The molecule has 0 spiro atoms. The van der Waals surface area contributed by atoms with Crippen LogP contribution in [-0.4, -0.2) is 19.1 Å². The molecule has 1 atom stereocenters. The van der Waals surface area contributed by atoms with Crippen molar-refractivity contribution in [2.24, 2.45) is 0 Å². The number of benzene rings is 2. The predicted octanol–water partition coefficient (Wildman–Crippen LogP) is 4.27. The maximum atomic E-state index is 14.2. The monoisotopic (exact) mass is 411 g/mol. The summed E-state index contributed by atoms with van der Waals surface area (Å²) in [5.74, 6) is -0.731. The summed E-state index contributed by atoms with van der Waals surface area (Å²) in [4.78, 5) is 23.1. The first-order chi connectivity index (χ1) is 12.0. The Morgan fingerprint density at radius 1 is 1.24 bits per heavy atom. The van der Waals surface area contributed by atoms with E-state index < -0.39 is 30.5 Å². The molecule has 1 amide bonds. The molecule has 25 heavy (non-hydrogen) atoms. The Morgan fingerprint density at radius 3 is 2.60 bits per heavy atom. The van der Waals surface area contributed by atoms with Crippen LogP contribution >= 0.6 is 15.9 Å². The van der Waals surface area contributed by atoms with Crippen LogP contribution in [0.25, 0.3) is 0 Å². The fraction of sp³-hybridized carbons (Fsp3) is 0.222. The lowest BCUT2D eigenvalue weighted by Gasteiger charge is -2.31. The van der Waals surface area contributed by atoms with E-state index in [1.165, 1.54) is 12.1 Å². The van der Waals surface area contributed by atoms with Crippen molar-refractivity contribution in [2.45, 2.75) is 18.6 Å². The van der Waals surface area contributed by atoms with Crippen molar-refractivity contribution in [1.29, 1.82) is 0 Å². The molecule has 0 aliphatic heterocycles. The number of alkyl halides is 1. The molecule has 4 nitrogen and oxygen atoms in total. The molecule has 0 radical (unpaired) electrons. The molecule has 0 bridgehead atoms. The van der Waals surface area contributed by atoms with Gasteiger partial charge in [-0.3, -0.25) is 0 Å². The fourth-order valence-electron chi connectivity index (χ4n) is 2.35. The number of nitrogens with one attached hydrogen (secondary N) is 1. The van der Waals surface area contributed by atoms with Gasteiger partial charge in [0.25, 0.3) is 0 Å². The normalized spacial score (nSPS) is 12.9. The van der Waals surface area contributed by atoms with Crippen molar-refractivity contribution >= 4 is 28.3 Å². The Bertz CT molecular complexity index is 742. The van der Waals surface area contributed by atoms with Gasteiger partial charge >= 0.3 is 6.09 Å². The van der Waals surface area contributed by atoms with Gasteiger partial charge in [-0.05, 0) is 23.8 Å². The number of carbonyl (C=O) groups is 2. The number of carbonyl (C=O) groups excluding carboxylic acids is 2. The molecule has 0 saturated carbocycles. The zero-order chi connectivity index (χ0) is 18.3. The van der Waals surface area contributed by atoms with Crippen molar-refractivity contribution in [2.75, 3.05) is 6.67 Å². The highest BCUT2D eigenvalue weighted by Gasteiger charge is 2.37. The van der Waals surface area contributed by atoms with E-state index in [0.29, 0.717) is 10.8 Å². The first-order valence-electron chi connectivity index (χ1n) is 7.45. The van der Waals surface area contributed by atoms with Gasteiger partial charge in [0.15, 0.2) is 0 Å². The molecule has 2 aromatic carbocycles. The van der Waals surface area contributed by atoms with Gasteiger partial charge < -0.3 is 14.8 Å². The molecule has 2 aromatic rings. The second-order valence-corrected chi connectivity index (χ2v) is 6.31. The topological polar surface area (TPSA) is 55.4 Å². The number of rotatable bonds is 7. The van der Waals surface area contributed by atoms with Crippen LogP contribution in [0.2, 0.25) is 0 Å². The van der Waals surface area contributed by atoms with Crippen molar-refractivity contribution < 1.29 is 23.1 Å². The number of hydrogen-bond donors (Lipinski definition) is 1. The quantitative estimate of drug-likeness (QED) is 0.692. The van der Waals surface area contributed by atoms with E-state index in [1.807, 2.05) is 6.07 Å². The second kappa shape index (κ2) is 8.71. The number of alkyl carbamates (subject to hydrolysis) is 1. The largest absolute Gasteiger partial charge is 0.445 e. The van der Waals surface area contributed by atoms with Crippen LogP contribution in [0.1, 0.15) is 17.5 Å². The average Bonchev–Trinajstić information content (AvgIpc) is 2.62. The van der Waals surface area contributed by atoms with Crippen LogP contribution < -0.4 is 5.32 Å². The van der Waals surface area contributed by atoms with Crippen molar-refractivity contribution in [3.05, 3.63) is 69.9 Å². The van der Waals surface area contributed by atoms with Gasteiger partial charge in [-0.1, -0.05) is 46.3 Å². The third kappa shape index (κ3) is 4.85. The van der Waals surface area contributed by atoms with Crippen LogP contribution in [0.4, 0.5) is 13.6 Å². The van der Waals surface area contributed by atoms with Crippen molar-refractivity contribution in [3.63, 3.8) is 0 Å². The zero-order valence-electron chi connectivity index (χ0n) is 13.2. The van der Waals surface area contributed by atoms with Crippen molar-refractivity contribution in [3.8, 4) is 0 Å². The fourth-order valence-corrected chi connectivity index (χ4v) is 2.71. The Balaban J connectivity index is 2.20. The Kier molecular flexibility index (Phi) is 6.64. The van der Waals surface area contributed by atoms with Gasteiger partial charge in [0.2, 0.25) is 0 Å². The number of ether oxygens (including phenoxy) is 1. The maximum Gasteiger partial charge on any atom is 0.408 e. The standard InChI is InChI=1S/C18H16BrF2NO3/c19-14-6-7-16(21)15(10-14)18(12-20,8-9-23)22-17(24)25-11-13-4-2-1-3-5-13/h1-7,9-10H,8,11-12H2,(H,22,24). The summed E-state index contributed by atoms with van der Waals surface area (Å²) in [6, 6.07) is 12.8. The predicted molar refractivity (Wildman–Crippen MR) is 92.2 cm³/mol. The van der Waals surface area contributed by atoms with E-state index in [9.17, 15) is 18.4 Å². The molecule has 0 aliphatic carbocycles. The van der Waals surface area contributed by atoms with E-state index in [2.05, 4.69) is 21.2 Å². The first-order valence-corrected chi connectivity index (χ1v) is 8.24. The molecule has 0 heterocycles. The Hall–Kier alpha value is -2.28. The highest BCUT2D eigenvalue weighted by Crippen LogP contribution is 2.30. The number of amides is 1. The highest BCUT2D eigenvalue weighted by atomic mass is 79.9. The molecule has 0 aromatic heterocycles. The highest BCUT2D eigenvalue weighted by molar-refractivity contribution is 9.10. The molecule has 0 fully saturated rings. The van der Waals surface area contributed by atoms with Crippen LogP contribution in [0.15, 0.2) is 53.0 Å². The van der Waals surface area contributed by atoms with E-state index in [1.54, 1.807) is 24.3 Å². The molecule has 2 rings (SSSR count). The Labute approximate surface area is 152 Å². The Morgan fingerprint density at radius 2 is 1.96 bits per heavy atom. The zero-order valence-corrected chi connectivity index (χ0v) is 14.8. The third-order valence-electron chi connectivity index (χ3n) is 3.66. The van der Waals surface area contributed by atoms with Gasteiger partial charge in [0, 0.05) is 16.5 Å². The summed E-state index contributed by atoms with van der Waals surface area (Å²) in [5, 5.41) is 2.31. The van der Waals surface area contributed by atoms with Gasteiger partial charge in [-0.2, -0.15) is 0 Å². The SMILES string of the molecule is O=CCC(CF)(NC(=O)OCc1ccccc1)c1cc(Br)ccc1F. The molecule has 0 saturated heterocycles. The van der Waals surface area contributed by atoms with Crippen molar-refractivity contribution in [1.82, 2.24) is 5.32 Å². The maximum absolute atomic E-state index is 14.2. The minimum absolute atomic E-state index is 0.0307. The number of aldehydes is 1. The van der Waals surface area contributed by atoms with Gasteiger partial charge in [0.05, 0.1) is 0 Å². The summed E-state index contributed by atoms with van der Waals surface area (Å²) < 4.78 is 33.5.